The van der Waals surface area contributed by atoms with Crippen LogP contribution in [-0.4, -0.2) is 62.6 Å². The molecule has 1 spiro atoms. The van der Waals surface area contributed by atoms with Crippen LogP contribution in [-0.2, 0) is 37.9 Å². The summed E-state index contributed by atoms with van der Waals surface area (Å²) >= 11 is 0. The zero-order chi connectivity index (χ0) is 28.0. The molecule has 2 aliphatic heterocycles. The molecule has 0 saturated carbocycles. The van der Waals surface area contributed by atoms with E-state index in [0.717, 1.165) is 36.9 Å². The molecule has 2 aromatic rings. The Morgan fingerprint density at radius 3 is 2.10 bits per heavy atom. The van der Waals surface area contributed by atoms with Crippen LogP contribution in [0.25, 0.3) is 0 Å². The Kier molecular flexibility index (Phi) is 8.60. The first kappa shape index (κ1) is 30.3. The molecule has 2 heterocycles. The Hall–Kier alpha value is -2.62. The van der Waals surface area contributed by atoms with Crippen molar-refractivity contribution in [3.8, 4) is 0 Å². The number of piperidine rings is 1. The lowest BCUT2D eigenvalue weighted by Gasteiger charge is -2.42. The molecule has 1 saturated heterocycles. The summed E-state index contributed by atoms with van der Waals surface area (Å²) in [4.78, 5) is 29.0. The number of sulfonamides is 1. The van der Waals surface area contributed by atoms with Crippen molar-refractivity contribution in [3.05, 3.63) is 65.2 Å². The number of anilines is 1. The van der Waals surface area contributed by atoms with E-state index in [0.29, 0.717) is 32.5 Å². The second-order valence-electron chi connectivity index (χ2n) is 12.2. The van der Waals surface area contributed by atoms with Gasteiger partial charge in [0.2, 0.25) is 21.8 Å². The van der Waals surface area contributed by atoms with Crippen molar-refractivity contribution >= 4 is 39.9 Å². The molecule has 1 fully saturated rings. The van der Waals surface area contributed by atoms with E-state index in [1.165, 1.54) is 21.7 Å². The largest absolute Gasteiger partial charge is 0.342 e. The number of hydrogen-bond acceptors (Lipinski definition) is 5. The SMILES string of the molecule is CC(C)(N)C(=O)NC(C(=O)N1CCC2(CC1)CN(S(C)(=O)=O)c1ccccc12)C1CCc2ccccc2CC1.Cl. The van der Waals surface area contributed by atoms with Gasteiger partial charge in [0.25, 0.3) is 0 Å². The van der Waals surface area contributed by atoms with Crippen molar-refractivity contribution in [1.29, 1.82) is 0 Å². The number of para-hydroxylation sites is 1. The van der Waals surface area contributed by atoms with Gasteiger partial charge in [0.05, 0.1) is 17.5 Å². The maximum atomic E-state index is 14.1. The molecule has 10 heteroatoms. The maximum absolute atomic E-state index is 14.1. The molecular formula is C30H41ClN4O4S. The minimum Gasteiger partial charge on any atom is -0.342 e. The van der Waals surface area contributed by atoms with E-state index in [2.05, 4.69) is 29.6 Å². The number of nitrogens with one attached hydrogen (secondary N) is 1. The first-order valence-corrected chi connectivity index (χ1v) is 15.8. The van der Waals surface area contributed by atoms with Crippen molar-refractivity contribution in [1.82, 2.24) is 10.2 Å². The molecule has 1 unspecified atom stereocenters. The third kappa shape index (κ3) is 5.87. The highest BCUT2D eigenvalue weighted by atomic mass is 35.5. The zero-order valence-corrected chi connectivity index (χ0v) is 25.2. The van der Waals surface area contributed by atoms with E-state index in [9.17, 15) is 18.0 Å². The highest BCUT2D eigenvalue weighted by Crippen LogP contribution is 2.48. The van der Waals surface area contributed by atoms with Crippen LogP contribution in [0.4, 0.5) is 5.69 Å². The summed E-state index contributed by atoms with van der Waals surface area (Å²) in [5.74, 6) is -0.394. The summed E-state index contributed by atoms with van der Waals surface area (Å²) in [5, 5.41) is 3.04. The van der Waals surface area contributed by atoms with E-state index in [1.807, 2.05) is 29.2 Å². The van der Waals surface area contributed by atoms with Gasteiger partial charge in [-0.25, -0.2) is 8.42 Å². The van der Waals surface area contributed by atoms with Crippen LogP contribution in [0.5, 0.6) is 0 Å². The van der Waals surface area contributed by atoms with Crippen LogP contribution in [0.3, 0.4) is 0 Å². The molecule has 40 heavy (non-hydrogen) atoms. The van der Waals surface area contributed by atoms with Crippen LogP contribution in [0.1, 0.15) is 56.2 Å². The molecular weight excluding hydrogens is 548 g/mol. The molecule has 2 aromatic carbocycles. The molecule has 0 radical (unpaired) electrons. The predicted octanol–water partition coefficient (Wildman–Crippen LogP) is 3.17. The van der Waals surface area contributed by atoms with Crippen molar-refractivity contribution < 1.29 is 18.0 Å². The molecule has 218 valence electrons. The number of nitrogens with two attached hydrogens (primary N) is 1. The lowest BCUT2D eigenvalue weighted by molar-refractivity contribution is -0.140. The second-order valence-corrected chi connectivity index (χ2v) is 14.1. The van der Waals surface area contributed by atoms with E-state index in [-0.39, 0.29) is 35.6 Å². The molecule has 1 aliphatic carbocycles. The normalized spacial score (nSPS) is 19.7. The minimum atomic E-state index is -3.41. The summed E-state index contributed by atoms with van der Waals surface area (Å²) in [6.07, 6.45) is 5.95. The topological polar surface area (TPSA) is 113 Å². The number of amides is 2. The number of halogens is 1. The van der Waals surface area contributed by atoms with Crippen LogP contribution in [0, 0.1) is 5.92 Å². The Morgan fingerprint density at radius 2 is 1.55 bits per heavy atom. The third-order valence-corrected chi connectivity index (χ3v) is 10.0. The number of carbonyl (C=O) groups excluding carboxylic acids is 2. The molecule has 3 aliphatic rings. The molecule has 0 aromatic heterocycles. The summed E-state index contributed by atoms with van der Waals surface area (Å²) in [7, 11) is -3.41. The summed E-state index contributed by atoms with van der Waals surface area (Å²) in [6.45, 7) is 4.73. The summed E-state index contributed by atoms with van der Waals surface area (Å²) in [6, 6.07) is 15.5. The molecule has 2 amide bonds. The zero-order valence-electron chi connectivity index (χ0n) is 23.6. The monoisotopic (exact) mass is 588 g/mol. The summed E-state index contributed by atoms with van der Waals surface area (Å²) in [5.41, 5.74) is 9.11. The maximum Gasteiger partial charge on any atom is 0.245 e. The fourth-order valence-electron chi connectivity index (χ4n) is 6.57. The number of rotatable bonds is 5. The molecule has 3 N–H and O–H groups in total. The van der Waals surface area contributed by atoms with Gasteiger partial charge >= 0.3 is 0 Å². The number of aryl methyl sites for hydroxylation is 2. The number of likely N-dealkylation sites (tertiary alicyclic amines) is 1. The highest BCUT2D eigenvalue weighted by molar-refractivity contribution is 7.92. The van der Waals surface area contributed by atoms with E-state index >= 15 is 0 Å². The van der Waals surface area contributed by atoms with Gasteiger partial charge in [-0.1, -0.05) is 42.5 Å². The average molecular weight is 589 g/mol. The van der Waals surface area contributed by atoms with E-state index in [1.54, 1.807) is 13.8 Å². The van der Waals surface area contributed by atoms with Crippen LogP contribution in [0.15, 0.2) is 48.5 Å². The lowest BCUT2D eigenvalue weighted by Crippen LogP contribution is -2.60. The van der Waals surface area contributed by atoms with E-state index < -0.39 is 21.6 Å². The first-order valence-electron chi connectivity index (χ1n) is 13.9. The van der Waals surface area contributed by atoms with Crippen molar-refractivity contribution in [3.63, 3.8) is 0 Å². The molecule has 1 atom stereocenters. The number of hydrogen-bond donors (Lipinski definition) is 2. The fourth-order valence-corrected chi connectivity index (χ4v) is 7.57. The number of benzene rings is 2. The summed E-state index contributed by atoms with van der Waals surface area (Å²) < 4.78 is 26.6. The number of fused-ring (bicyclic) bond motifs is 3. The molecule has 8 nitrogen and oxygen atoms in total. The number of nitrogens with zero attached hydrogens (tertiary/aromatic N) is 2. The Morgan fingerprint density at radius 1 is 1.00 bits per heavy atom. The van der Waals surface area contributed by atoms with Crippen molar-refractivity contribution in [2.24, 2.45) is 11.7 Å². The van der Waals surface area contributed by atoms with Crippen molar-refractivity contribution in [2.45, 2.75) is 69.4 Å². The fraction of sp³-hybridized carbons (Fsp3) is 0.533. The van der Waals surface area contributed by atoms with Gasteiger partial charge in [-0.2, -0.15) is 0 Å². The standard InChI is InChI=1S/C30H40N4O4S.ClH/c1-29(2,31)28(36)32-26(23-14-12-21-8-4-5-9-22(21)13-15-23)27(35)33-18-16-30(17-19-33)20-34(39(3,37)38)25-11-7-6-10-24(25)30;/h4-11,23,26H,12-20,31H2,1-3H3,(H,32,36);1H. The van der Waals surface area contributed by atoms with Crippen LogP contribution >= 0.6 is 12.4 Å². The van der Waals surface area contributed by atoms with Crippen molar-refractivity contribution in [2.75, 3.05) is 30.2 Å². The second kappa shape index (κ2) is 11.3. The lowest BCUT2D eigenvalue weighted by atomic mass is 9.74. The van der Waals surface area contributed by atoms with Gasteiger partial charge in [-0.3, -0.25) is 13.9 Å². The van der Waals surface area contributed by atoms with Gasteiger partial charge in [-0.05, 0) is 81.0 Å². The number of carbonyl (C=O) groups is 2. The smallest absolute Gasteiger partial charge is 0.245 e. The highest BCUT2D eigenvalue weighted by Gasteiger charge is 2.48. The Bertz CT molecular complexity index is 1340. The van der Waals surface area contributed by atoms with Gasteiger partial charge in [-0.15, -0.1) is 12.4 Å². The Labute approximate surface area is 244 Å². The molecule has 0 bridgehead atoms. The van der Waals surface area contributed by atoms with E-state index in [4.69, 9.17) is 5.73 Å². The minimum absolute atomic E-state index is 0. The third-order valence-electron chi connectivity index (χ3n) is 8.92. The van der Waals surface area contributed by atoms with Gasteiger partial charge in [0.1, 0.15) is 6.04 Å². The van der Waals surface area contributed by atoms with Gasteiger partial charge < -0.3 is 16.0 Å². The first-order chi connectivity index (χ1) is 18.4. The molecule has 5 rings (SSSR count). The van der Waals surface area contributed by atoms with Gasteiger partial charge in [0.15, 0.2) is 0 Å². The van der Waals surface area contributed by atoms with Crippen LogP contribution < -0.4 is 15.4 Å². The van der Waals surface area contributed by atoms with Crippen LogP contribution in [0.2, 0.25) is 0 Å². The van der Waals surface area contributed by atoms with Gasteiger partial charge in [0, 0.05) is 25.0 Å². The predicted molar refractivity (Wildman–Crippen MR) is 160 cm³/mol. The quantitative estimate of drug-likeness (QED) is 0.521. The Balaban J connectivity index is 0.00000370. The average Bonchev–Trinajstić information content (AvgIpc) is 3.06.